The first-order chi connectivity index (χ1) is 10.0. The highest BCUT2D eigenvalue weighted by Gasteiger charge is 2.22. The van der Waals surface area contributed by atoms with Crippen LogP contribution in [0.4, 0.5) is 5.82 Å². The molecule has 2 heterocycles. The van der Waals surface area contributed by atoms with Crippen LogP contribution in [-0.4, -0.2) is 47.1 Å². The number of rotatable bonds is 4. The number of nitriles is 1. The molecule has 21 heavy (non-hydrogen) atoms. The van der Waals surface area contributed by atoms with Crippen LogP contribution in [0.3, 0.4) is 0 Å². The Morgan fingerprint density at radius 2 is 1.86 bits per heavy atom. The summed E-state index contributed by atoms with van der Waals surface area (Å²) in [5.41, 5.74) is 1.03. The summed E-state index contributed by atoms with van der Waals surface area (Å²) in [6.07, 6.45) is 0.601. The van der Waals surface area contributed by atoms with Crippen LogP contribution in [0.2, 0.25) is 0 Å². The topological polar surface area (TPSA) is 56.0 Å². The molecule has 1 fully saturated rings. The monoisotopic (exact) mass is 287 g/mol. The van der Waals surface area contributed by atoms with Gasteiger partial charge in [-0.05, 0) is 13.8 Å². The maximum Gasteiger partial charge on any atom is 0.133 e. The normalized spacial score (nSPS) is 17.8. The Hall–Kier alpha value is -1.67. The molecular weight excluding hydrogens is 262 g/mol. The smallest absolute Gasteiger partial charge is 0.133 e. The molecule has 0 aromatic carbocycles. The average Bonchev–Trinajstić information content (AvgIpc) is 2.47. The SMILES string of the molecule is Cc1cc(N2CCN([C@H](C)CC#N)CC2)nc(C(C)C)n1. The van der Waals surface area contributed by atoms with Crippen molar-refractivity contribution in [2.75, 3.05) is 31.1 Å². The van der Waals surface area contributed by atoms with Crippen LogP contribution in [0.5, 0.6) is 0 Å². The number of aromatic nitrogens is 2. The fourth-order valence-electron chi connectivity index (χ4n) is 2.65. The van der Waals surface area contributed by atoms with Crippen LogP contribution in [0.25, 0.3) is 0 Å². The second-order valence-electron chi connectivity index (χ2n) is 6.11. The van der Waals surface area contributed by atoms with Crippen molar-refractivity contribution in [3.05, 3.63) is 17.6 Å². The van der Waals surface area contributed by atoms with E-state index in [1.165, 1.54) is 0 Å². The molecule has 5 heteroatoms. The van der Waals surface area contributed by atoms with E-state index in [9.17, 15) is 0 Å². The maximum absolute atomic E-state index is 8.81. The van der Waals surface area contributed by atoms with Crippen molar-refractivity contribution < 1.29 is 0 Å². The van der Waals surface area contributed by atoms with Crippen molar-refractivity contribution in [1.82, 2.24) is 14.9 Å². The Balaban J connectivity index is 2.04. The molecule has 5 nitrogen and oxygen atoms in total. The van der Waals surface area contributed by atoms with E-state index in [4.69, 9.17) is 10.2 Å². The van der Waals surface area contributed by atoms with Gasteiger partial charge < -0.3 is 4.90 Å². The lowest BCUT2D eigenvalue weighted by Crippen LogP contribution is -2.49. The zero-order valence-electron chi connectivity index (χ0n) is 13.5. The third-order valence-electron chi connectivity index (χ3n) is 4.02. The van der Waals surface area contributed by atoms with Gasteiger partial charge in [-0.1, -0.05) is 13.8 Å². The van der Waals surface area contributed by atoms with Crippen molar-refractivity contribution >= 4 is 5.82 Å². The Labute approximate surface area is 127 Å². The molecule has 0 saturated carbocycles. The molecule has 0 amide bonds. The molecule has 0 unspecified atom stereocenters. The van der Waals surface area contributed by atoms with Crippen molar-refractivity contribution in [2.24, 2.45) is 0 Å². The molecule has 1 aromatic rings. The van der Waals surface area contributed by atoms with E-state index in [0.717, 1.165) is 43.5 Å². The first kappa shape index (κ1) is 15.7. The average molecular weight is 287 g/mol. The van der Waals surface area contributed by atoms with E-state index < -0.39 is 0 Å². The van der Waals surface area contributed by atoms with Gasteiger partial charge in [0.1, 0.15) is 11.6 Å². The van der Waals surface area contributed by atoms with Crippen LogP contribution in [-0.2, 0) is 0 Å². The van der Waals surface area contributed by atoms with E-state index in [2.05, 4.69) is 47.7 Å². The lowest BCUT2D eigenvalue weighted by molar-refractivity contribution is 0.199. The molecule has 0 aliphatic carbocycles. The molecule has 1 aromatic heterocycles. The van der Waals surface area contributed by atoms with Gasteiger partial charge in [-0.3, -0.25) is 4.90 Å². The first-order valence-corrected chi connectivity index (χ1v) is 7.72. The molecular formula is C16H25N5. The predicted molar refractivity (Wildman–Crippen MR) is 84.3 cm³/mol. The first-order valence-electron chi connectivity index (χ1n) is 7.72. The number of hydrogen-bond donors (Lipinski definition) is 0. The summed E-state index contributed by atoms with van der Waals surface area (Å²) in [6, 6.07) is 4.67. The molecule has 0 bridgehead atoms. The highest BCUT2D eigenvalue weighted by molar-refractivity contribution is 5.40. The lowest BCUT2D eigenvalue weighted by atomic mass is 10.2. The van der Waals surface area contributed by atoms with E-state index in [1.54, 1.807) is 0 Å². The summed E-state index contributed by atoms with van der Waals surface area (Å²) in [4.78, 5) is 13.9. The van der Waals surface area contributed by atoms with Gasteiger partial charge in [-0.2, -0.15) is 5.26 Å². The van der Waals surface area contributed by atoms with Gasteiger partial charge in [0.2, 0.25) is 0 Å². The zero-order valence-corrected chi connectivity index (χ0v) is 13.5. The Bertz CT molecular complexity index is 512. The summed E-state index contributed by atoms with van der Waals surface area (Å²) in [7, 11) is 0. The molecule has 1 aliphatic rings. The molecule has 114 valence electrons. The molecule has 0 radical (unpaired) electrons. The van der Waals surface area contributed by atoms with Gasteiger partial charge in [0, 0.05) is 49.9 Å². The minimum absolute atomic E-state index is 0.343. The van der Waals surface area contributed by atoms with Gasteiger partial charge in [0.15, 0.2) is 0 Å². The number of piperazine rings is 1. The van der Waals surface area contributed by atoms with Crippen LogP contribution in [0, 0.1) is 18.3 Å². The van der Waals surface area contributed by atoms with Gasteiger partial charge in [-0.25, -0.2) is 9.97 Å². The third kappa shape index (κ3) is 3.92. The molecule has 0 N–H and O–H groups in total. The van der Waals surface area contributed by atoms with Gasteiger partial charge >= 0.3 is 0 Å². The Morgan fingerprint density at radius 1 is 1.19 bits per heavy atom. The summed E-state index contributed by atoms with van der Waals surface area (Å²) in [6.45, 7) is 12.3. The third-order valence-corrected chi connectivity index (χ3v) is 4.02. The number of nitrogens with zero attached hydrogens (tertiary/aromatic N) is 5. The fraction of sp³-hybridized carbons (Fsp3) is 0.688. The second kappa shape index (κ2) is 6.86. The quantitative estimate of drug-likeness (QED) is 0.850. The highest BCUT2D eigenvalue weighted by Crippen LogP contribution is 2.19. The lowest BCUT2D eigenvalue weighted by Gasteiger charge is -2.38. The Morgan fingerprint density at radius 3 is 2.43 bits per heavy atom. The van der Waals surface area contributed by atoms with E-state index >= 15 is 0 Å². The minimum Gasteiger partial charge on any atom is -0.354 e. The van der Waals surface area contributed by atoms with Crippen LogP contribution in [0.1, 0.15) is 44.6 Å². The van der Waals surface area contributed by atoms with Crippen molar-refractivity contribution in [2.45, 2.75) is 46.1 Å². The number of aryl methyl sites for hydroxylation is 1. The summed E-state index contributed by atoms with van der Waals surface area (Å²) in [5.74, 6) is 2.31. The maximum atomic E-state index is 8.81. The standard InChI is InChI=1S/C16H25N5/c1-12(2)16-18-13(3)11-15(19-16)21-9-7-20(8-10-21)14(4)5-6-17/h11-12,14H,5,7-10H2,1-4H3/t14-/m1/s1. The summed E-state index contributed by atoms with van der Waals surface area (Å²) < 4.78 is 0. The van der Waals surface area contributed by atoms with E-state index in [0.29, 0.717) is 18.4 Å². The number of hydrogen-bond acceptors (Lipinski definition) is 5. The molecule has 1 aliphatic heterocycles. The van der Waals surface area contributed by atoms with Gasteiger partial charge in [0.25, 0.3) is 0 Å². The van der Waals surface area contributed by atoms with Crippen molar-refractivity contribution in [1.29, 1.82) is 5.26 Å². The fourth-order valence-corrected chi connectivity index (χ4v) is 2.65. The van der Waals surface area contributed by atoms with E-state index in [1.807, 2.05) is 6.92 Å². The largest absolute Gasteiger partial charge is 0.354 e. The highest BCUT2D eigenvalue weighted by atomic mass is 15.3. The molecule has 2 rings (SSSR count). The van der Waals surface area contributed by atoms with Gasteiger partial charge in [-0.15, -0.1) is 0 Å². The van der Waals surface area contributed by atoms with E-state index in [-0.39, 0.29) is 0 Å². The Kier molecular flexibility index (Phi) is 5.13. The van der Waals surface area contributed by atoms with Crippen molar-refractivity contribution in [3.8, 4) is 6.07 Å². The molecule has 1 saturated heterocycles. The molecule has 0 spiro atoms. The van der Waals surface area contributed by atoms with Gasteiger partial charge in [0.05, 0.1) is 12.5 Å². The van der Waals surface area contributed by atoms with Crippen LogP contribution in [0.15, 0.2) is 6.07 Å². The second-order valence-corrected chi connectivity index (χ2v) is 6.11. The summed E-state index contributed by atoms with van der Waals surface area (Å²) >= 11 is 0. The predicted octanol–water partition coefficient (Wildman–Crippen LogP) is 2.33. The van der Waals surface area contributed by atoms with Crippen molar-refractivity contribution in [3.63, 3.8) is 0 Å². The summed E-state index contributed by atoms with van der Waals surface area (Å²) in [5, 5.41) is 8.81. The van der Waals surface area contributed by atoms with Crippen LogP contribution >= 0.6 is 0 Å². The molecule has 1 atom stereocenters. The number of anilines is 1. The van der Waals surface area contributed by atoms with Crippen LogP contribution < -0.4 is 4.90 Å². The minimum atomic E-state index is 0.343. The zero-order chi connectivity index (χ0) is 15.4.